The maximum absolute atomic E-state index is 12.2. The van der Waals surface area contributed by atoms with E-state index in [2.05, 4.69) is 9.71 Å². The Kier molecular flexibility index (Phi) is 4.18. The fourth-order valence-electron chi connectivity index (χ4n) is 1.67. The first-order valence-electron chi connectivity index (χ1n) is 5.84. The molecule has 0 spiro atoms. The average Bonchev–Trinajstić information content (AvgIpc) is 2.82. The van der Waals surface area contributed by atoms with E-state index < -0.39 is 10.0 Å². The number of rotatable bonds is 4. The monoisotopic (exact) mass is 307 g/mol. The van der Waals surface area contributed by atoms with Crippen LogP contribution in [-0.4, -0.2) is 13.4 Å². The van der Waals surface area contributed by atoms with Crippen molar-refractivity contribution in [1.82, 2.24) is 9.71 Å². The fraction of sp³-hybridized carbons (Fsp3) is 0.231. The van der Waals surface area contributed by atoms with E-state index in [1.165, 1.54) is 29.5 Å². The van der Waals surface area contributed by atoms with Crippen LogP contribution in [0.5, 0.6) is 0 Å². The van der Waals surface area contributed by atoms with Gasteiger partial charge in [0, 0.05) is 17.6 Å². The third-order valence-corrected chi connectivity index (χ3v) is 5.05. The number of nitrogens with zero attached hydrogens (tertiary/aromatic N) is 2. The first kappa shape index (κ1) is 14.7. The minimum atomic E-state index is -3.58. The van der Waals surface area contributed by atoms with E-state index in [0.29, 0.717) is 11.1 Å². The van der Waals surface area contributed by atoms with Crippen molar-refractivity contribution in [3.8, 4) is 6.07 Å². The molecule has 0 bridgehead atoms. The fourth-order valence-corrected chi connectivity index (χ4v) is 3.58. The van der Waals surface area contributed by atoms with Gasteiger partial charge in [0.25, 0.3) is 0 Å². The lowest BCUT2D eigenvalue weighted by Gasteiger charge is -2.07. The summed E-state index contributed by atoms with van der Waals surface area (Å²) < 4.78 is 26.8. The lowest BCUT2D eigenvalue weighted by Crippen LogP contribution is -2.22. The van der Waals surface area contributed by atoms with Crippen LogP contribution in [0.2, 0.25) is 0 Å². The molecule has 2 rings (SSSR count). The Bertz CT molecular complexity index is 773. The summed E-state index contributed by atoms with van der Waals surface area (Å²) in [6.07, 6.45) is 1.66. The zero-order valence-corrected chi connectivity index (χ0v) is 12.7. The van der Waals surface area contributed by atoms with Crippen molar-refractivity contribution < 1.29 is 8.42 Å². The van der Waals surface area contributed by atoms with Crippen molar-refractivity contribution in [2.24, 2.45) is 0 Å². The SMILES string of the molecule is Cc1ncc(CNS(=O)(=O)c2ccc(C#N)c(C)c2)s1. The summed E-state index contributed by atoms with van der Waals surface area (Å²) in [7, 11) is -3.58. The van der Waals surface area contributed by atoms with E-state index in [9.17, 15) is 8.42 Å². The predicted molar refractivity (Wildman–Crippen MR) is 76.8 cm³/mol. The molecule has 0 aliphatic rings. The molecule has 1 N–H and O–H groups in total. The van der Waals surface area contributed by atoms with E-state index >= 15 is 0 Å². The Morgan fingerprint density at radius 3 is 2.70 bits per heavy atom. The van der Waals surface area contributed by atoms with Crippen molar-refractivity contribution in [2.45, 2.75) is 25.3 Å². The van der Waals surface area contributed by atoms with Crippen LogP contribution in [0.1, 0.15) is 21.0 Å². The van der Waals surface area contributed by atoms with Gasteiger partial charge in [0.1, 0.15) is 0 Å². The van der Waals surface area contributed by atoms with Gasteiger partial charge in [0.2, 0.25) is 10.0 Å². The molecular weight excluding hydrogens is 294 g/mol. The number of hydrogen-bond donors (Lipinski definition) is 1. The lowest BCUT2D eigenvalue weighted by atomic mass is 10.1. The van der Waals surface area contributed by atoms with Gasteiger partial charge >= 0.3 is 0 Å². The van der Waals surface area contributed by atoms with Crippen molar-refractivity contribution in [3.05, 3.63) is 45.4 Å². The van der Waals surface area contributed by atoms with Crippen LogP contribution >= 0.6 is 11.3 Å². The molecule has 0 radical (unpaired) electrons. The van der Waals surface area contributed by atoms with Crippen LogP contribution in [0.15, 0.2) is 29.3 Å². The molecule has 0 saturated carbocycles. The molecule has 7 heteroatoms. The highest BCUT2D eigenvalue weighted by molar-refractivity contribution is 7.89. The molecule has 1 aromatic heterocycles. The molecule has 0 amide bonds. The highest BCUT2D eigenvalue weighted by Crippen LogP contribution is 2.16. The van der Waals surface area contributed by atoms with Crippen molar-refractivity contribution >= 4 is 21.4 Å². The summed E-state index contributed by atoms with van der Waals surface area (Å²) in [6, 6.07) is 6.46. The van der Waals surface area contributed by atoms with Crippen molar-refractivity contribution in [1.29, 1.82) is 5.26 Å². The number of nitrogens with one attached hydrogen (secondary N) is 1. The van der Waals surface area contributed by atoms with E-state index in [1.54, 1.807) is 13.1 Å². The first-order valence-corrected chi connectivity index (χ1v) is 8.14. The normalized spacial score (nSPS) is 11.2. The molecule has 2 aromatic rings. The molecule has 0 unspecified atom stereocenters. The van der Waals surface area contributed by atoms with Gasteiger partial charge in [0.15, 0.2) is 0 Å². The van der Waals surface area contributed by atoms with Crippen LogP contribution in [0.3, 0.4) is 0 Å². The Morgan fingerprint density at radius 2 is 2.15 bits per heavy atom. The molecule has 0 fully saturated rings. The smallest absolute Gasteiger partial charge is 0.240 e. The summed E-state index contributed by atoms with van der Waals surface area (Å²) in [5, 5.41) is 9.74. The van der Waals surface area contributed by atoms with Gasteiger partial charge in [-0.1, -0.05) is 0 Å². The summed E-state index contributed by atoms with van der Waals surface area (Å²) >= 11 is 1.45. The van der Waals surface area contributed by atoms with E-state index in [4.69, 9.17) is 5.26 Å². The van der Waals surface area contributed by atoms with Crippen LogP contribution in [-0.2, 0) is 16.6 Å². The second-order valence-electron chi connectivity index (χ2n) is 4.26. The van der Waals surface area contributed by atoms with E-state index in [-0.39, 0.29) is 11.4 Å². The topological polar surface area (TPSA) is 82.8 Å². The molecule has 0 aliphatic carbocycles. The number of sulfonamides is 1. The molecule has 1 aromatic carbocycles. The molecular formula is C13H13N3O2S2. The number of aromatic nitrogens is 1. The minimum Gasteiger partial charge on any atom is -0.250 e. The van der Waals surface area contributed by atoms with Crippen molar-refractivity contribution in [3.63, 3.8) is 0 Å². The molecule has 20 heavy (non-hydrogen) atoms. The number of nitriles is 1. The summed E-state index contributed by atoms with van der Waals surface area (Å²) in [6.45, 7) is 3.80. The zero-order valence-electron chi connectivity index (χ0n) is 11.0. The van der Waals surface area contributed by atoms with E-state index in [1.807, 2.05) is 13.0 Å². The number of hydrogen-bond acceptors (Lipinski definition) is 5. The van der Waals surface area contributed by atoms with Gasteiger partial charge < -0.3 is 0 Å². The van der Waals surface area contributed by atoms with Gasteiger partial charge in [-0.05, 0) is 37.6 Å². The average molecular weight is 307 g/mol. The highest BCUT2D eigenvalue weighted by atomic mass is 32.2. The molecule has 5 nitrogen and oxygen atoms in total. The third kappa shape index (κ3) is 3.22. The molecule has 1 heterocycles. The molecule has 104 valence electrons. The van der Waals surface area contributed by atoms with Gasteiger partial charge in [0.05, 0.1) is 21.5 Å². The number of benzene rings is 1. The lowest BCUT2D eigenvalue weighted by molar-refractivity contribution is 0.581. The van der Waals surface area contributed by atoms with Crippen LogP contribution in [0, 0.1) is 25.2 Å². The van der Waals surface area contributed by atoms with Crippen molar-refractivity contribution in [2.75, 3.05) is 0 Å². The molecule has 0 atom stereocenters. The maximum atomic E-state index is 12.2. The van der Waals surface area contributed by atoms with Crippen LogP contribution in [0.25, 0.3) is 0 Å². The Hall–Kier alpha value is -1.75. The summed E-state index contributed by atoms with van der Waals surface area (Å²) in [4.78, 5) is 5.09. The Balaban J connectivity index is 2.18. The first-order chi connectivity index (χ1) is 9.42. The molecule has 0 aliphatic heterocycles. The van der Waals surface area contributed by atoms with Gasteiger partial charge in [-0.3, -0.25) is 0 Å². The van der Waals surface area contributed by atoms with Gasteiger partial charge in [-0.2, -0.15) is 5.26 Å². The quantitative estimate of drug-likeness (QED) is 0.937. The second kappa shape index (κ2) is 5.71. The Labute approximate surface area is 122 Å². The summed E-state index contributed by atoms with van der Waals surface area (Å²) in [5.74, 6) is 0. The van der Waals surface area contributed by atoms with Gasteiger partial charge in [-0.25, -0.2) is 18.1 Å². The standard InChI is InChI=1S/C13H13N3O2S2/c1-9-5-13(4-3-11(9)6-14)20(17,18)16-8-12-7-15-10(2)19-12/h3-5,7,16H,8H2,1-2H3. The van der Waals surface area contributed by atoms with E-state index in [0.717, 1.165) is 9.88 Å². The number of aryl methyl sites for hydroxylation is 2. The van der Waals surface area contributed by atoms with Crippen LogP contribution < -0.4 is 4.72 Å². The highest BCUT2D eigenvalue weighted by Gasteiger charge is 2.15. The third-order valence-electron chi connectivity index (χ3n) is 2.73. The predicted octanol–water partition coefficient (Wildman–Crippen LogP) is 2.11. The van der Waals surface area contributed by atoms with Crippen LogP contribution in [0.4, 0.5) is 0 Å². The second-order valence-corrected chi connectivity index (χ2v) is 7.34. The summed E-state index contributed by atoms with van der Waals surface area (Å²) in [5.41, 5.74) is 1.12. The maximum Gasteiger partial charge on any atom is 0.240 e. The number of thiazole rings is 1. The largest absolute Gasteiger partial charge is 0.250 e. The van der Waals surface area contributed by atoms with Gasteiger partial charge in [-0.15, -0.1) is 11.3 Å². The molecule has 0 saturated heterocycles. The Morgan fingerprint density at radius 1 is 1.40 bits per heavy atom. The minimum absolute atomic E-state index is 0.162. The zero-order chi connectivity index (χ0) is 14.8.